The van der Waals surface area contributed by atoms with Crippen LogP contribution in [0.3, 0.4) is 0 Å². The van der Waals surface area contributed by atoms with Gasteiger partial charge >= 0.3 is 35.5 Å². The van der Waals surface area contributed by atoms with Gasteiger partial charge in [0.2, 0.25) is 0 Å². The summed E-state index contributed by atoms with van der Waals surface area (Å²) in [6.07, 6.45) is -0.101. The summed E-state index contributed by atoms with van der Waals surface area (Å²) in [5.41, 5.74) is 9.83. The number of nitrogen functional groups attached to an aromatic ring is 1. The fourth-order valence-corrected chi connectivity index (χ4v) is 2.37. The Morgan fingerprint density at radius 2 is 1.95 bits per heavy atom. The van der Waals surface area contributed by atoms with Crippen molar-refractivity contribution in [3.8, 4) is 0 Å². The zero-order valence-electron chi connectivity index (χ0n) is 13.1. The molecule has 0 aliphatic heterocycles. The third kappa shape index (κ3) is 4.38. The van der Waals surface area contributed by atoms with Gasteiger partial charge in [0.05, 0.1) is 11.3 Å². The zero-order valence-corrected chi connectivity index (χ0v) is 14.9. The van der Waals surface area contributed by atoms with Crippen LogP contribution in [-0.4, -0.2) is 15.9 Å². The van der Waals surface area contributed by atoms with Gasteiger partial charge in [-0.25, -0.2) is 0 Å². The van der Waals surface area contributed by atoms with Crippen LogP contribution < -0.4 is 35.3 Å². The summed E-state index contributed by atoms with van der Waals surface area (Å²) in [5, 5.41) is 8.89. The SMILES string of the molecule is Cc1cccc(C(=S)c2cccc(CC(=O)O)c2N)c1.[H-].[Na+]. The van der Waals surface area contributed by atoms with E-state index < -0.39 is 5.97 Å². The number of para-hydroxylation sites is 1. The maximum atomic E-state index is 10.8. The van der Waals surface area contributed by atoms with Crippen LogP contribution in [0.25, 0.3) is 0 Å². The number of aliphatic carboxylic acids is 1. The van der Waals surface area contributed by atoms with Crippen LogP contribution in [0, 0.1) is 6.92 Å². The van der Waals surface area contributed by atoms with Gasteiger partial charge in [-0.3, -0.25) is 4.79 Å². The van der Waals surface area contributed by atoms with E-state index in [1.54, 1.807) is 12.1 Å². The van der Waals surface area contributed by atoms with Crippen LogP contribution in [0.2, 0.25) is 0 Å². The number of rotatable bonds is 4. The first kappa shape index (κ1) is 17.9. The topological polar surface area (TPSA) is 63.3 Å². The van der Waals surface area contributed by atoms with Gasteiger partial charge in [-0.15, -0.1) is 0 Å². The monoisotopic (exact) mass is 309 g/mol. The smallest absolute Gasteiger partial charge is 1.00 e. The Kier molecular flexibility index (Phi) is 6.55. The number of carboxylic acids is 1. The second-order valence-electron chi connectivity index (χ2n) is 4.65. The molecule has 2 aromatic rings. The van der Waals surface area contributed by atoms with E-state index >= 15 is 0 Å². The van der Waals surface area contributed by atoms with E-state index in [0.29, 0.717) is 21.7 Å². The number of aryl methyl sites for hydroxylation is 1. The molecule has 2 aromatic carbocycles. The molecule has 0 unspecified atom stereocenters. The molecule has 0 bridgehead atoms. The van der Waals surface area contributed by atoms with Crippen molar-refractivity contribution in [2.75, 3.05) is 5.73 Å². The number of anilines is 1. The van der Waals surface area contributed by atoms with Gasteiger partial charge in [-0.2, -0.15) is 0 Å². The maximum absolute atomic E-state index is 10.8. The fourth-order valence-electron chi connectivity index (χ4n) is 2.07. The van der Waals surface area contributed by atoms with Crippen molar-refractivity contribution in [2.24, 2.45) is 0 Å². The molecule has 5 heteroatoms. The van der Waals surface area contributed by atoms with Crippen LogP contribution in [0.15, 0.2) is 42.5 Å². The van der Waals surface area contributed by atoms with Crippen molar-refractivity contribution < 1.29 is 40.9 Å². The van der Waals surface area contributed by atoms with E-state index in [4.69, 9.17) is 23.1 Å². The number of hydrogen-bond acceptors (Lipinski definition) is 3. The standard InChI is InChI=1S/C16H15NO2S.Na.H/c1-10-4-2-6-12(8-10)16(20)13-7-3-5-11(15(13)17)9-14(18)19;;/h2-8H,9,17H2,1H3,(H,18,19);;/q;+1;-1. The largest absolute Gasteiger partial charge is 1.00 e. The molecule has 2 rings (SSSR count). The Labute approximate surface area is 153 Å². The maximum Gasteiger partial charge on any atom is 1.00 e. The zero-order chi connectivity index (χ0) is 14.7. The first-order chi connectivity index (χ1) is 9.49. The number of carboxylic acid groups (broad SMARTS) is 1. The third-order valence-electron chi connectivity index (χ3n) is 3.06. The van der Waals surface area contributed by atoms with Gasteiger partial charge in [0.15, 0.2) is 0 Å². The minimum Gasteiger partial charge on any atom is -1.00 e. The third-order valence-corrected chi connectivity index (χ3v) is 3.52. The normalized spacial score (nSPS) is 9.76. The molecule has 0 heterocycles. The molecule has 0 amide bonds. The van der Waals surface area contributed by atoms with Gasteiger partial charge in [0.25, 0.3) is 0 Å². The first-order valence-electron chi connectivity index (χ1n) is 6.19. The molecule has 0 aromatic heterocycles. The number of nitrogens with two attached hydrogens (primary N) is 1. The Bertz CT molecular complexity index is 692. The molecule has 104 valence electrons. The average Bonchev–Trinajstić information content (AvgIpc) is 2.40. The van der Waals surface area contributed by atoms with Crippen molar-refractivity contribution in [1.29, 1.82) is 0 Å². The van der Waals surface area contributed by atoms with E-state index in [0.717, 1.165) is 11.1 Å². The fraction of sp³-hybridized carbons (Fsp3) is 0.125. The van der Waals surface area contributed by atoms with Crippen molar-refractivity contribution in [1.82, 2.24) is 0 Å². The Balaban J connectivity index is 0.00000220. The molecule has 0 saturated heterocycles. The number of carbonyl (C=O) groups is 1. The molecule has 0 radical (unpaired) electrons. The van der Waals surface area contributed by atoms with Crippen LogP contribution >= 0.6 is 12.2 Å². The van der Waals surface area contributed by atoms with Crippen molar-refractivity contribution >= 4 is 28.7 Å². The molecule has 0 aliphatic rings. The van der Waals surface area contributed by atoms with Gasteiger partial charge in [0.1, 0.15) is 0 Å². The molecule has 3 nitrogen and oxygen atoms in total. The van der Waals surface area contributed by atoms with Crippen LogP contribution in [0.4, 0.5) is 5.69 Å². The van der Waals surface area contributed by atoms with Crippen LogP contribution in [0.1, 0.15) is 23.7 Å². The summed E-state index contributed by atoms with van der Waals surface area (Å²) >= 11 is 5.48. The molecule has 0 spiro atoms. The average molecular weight is 309 g/mol. The van der Waals surface area contributed by atoms with E-state index in [-0.39, 0.29) is 37.4 Å². The van der Waals surface area contributed by atoms with Crippen LogP contribution in [-0.2, 0) is 11.2 Å². The molecule has 0 fully saturated rings. The van der Waals surface area contributed by atoms with Crippen LogP contribution in [0.5, 0.6) is 0 Å². The van der Waals surface area contributed by atoms with E-state index in [9.17, 15) is 4.79 Å². The molecular weight excluding hydrogens is 293 g/mol. The van der Waals surface area contributed by atoms with Crippen molar-refractivity contribution in [2.45, 2.75) is 13.3 Å². The summed E-state index contributed by atoms with van der Waals surface area (Å²) in [4.78, 5) is 11.5. The summed E-state index contributed by atoms with van der Waals surface area (Å²) in [6.45, 7) is 2.00. The van der Waals surface area contributed by atoms with Gasteiger partial charge < -0.3 is 12.3 Å². The first-order valence-corrected chi connectivity index (χ1v) is 6.60. The molecular formula is C16H16NNaO2S. The van der Waals surface area contributed by atoms with Crippen molar-refractivity contribution in [3.05, 3.63) is 64.7 Å². The summed E-state index contributed by atoms with van der Waals surface area (Å²) in [5.74, 6) is -0.907. The molecule has 21 heavy (non-hydrogen) atoms. The molecule has 3 N–H and O–H groups in total. The summed E-state index contributed by atoms with van der Waals surface area (Å²) in [7, 11) is 0. The number of thiocarbonyl (C=S) groups is 1. The van der Waals surface area contributed by atoms with Crippen molar-refractivity contribution in [3.63, 3.8) is 0 Å². The molecule has 0 atom stereocenters. The van der Waals surface area contributed by atoms with E-state index in [1.807, 2.05) is 37.3 Å². The van der Waals surface area contributed by atoms with E-state index in [2.05, 4.69) is 0 Å². The summed E-state index contributed by atoms with van der Waals surface area (Å²) in [6, 6.07) is 13.2. The molecule has 0 saturated carbocycles. The Morgan fingerprint density at radius 3 is 2.57 bits per heavy atom. The number of benzene rings is 2. The minimum absolute atomic E-state index is 0. The Hall–Kier alpha value is -1.20. The minimum atomic E-state index is -0.907. The predicted molar refractivity (Wildman–Crippen MR) is 85.3 cm³/mol. The Morgan fingerprint density at radius 1 is 1.29 bits per heavy atom. The second kappa shape index (κ2) is 7.71. The quantitative estimate of drug-likeness (QED) is 0.364. The van der Waals surface area contributed by atoms with Gasteiger partial charge in [-0.1, -0.05) is 60.2 Å². The number of hydrogen-bond donors (Lipinski definition) is 2. The van der Waals surface area contributed by atoms with E-state index in [1.165, 1.54) is 0 Å². The van der Waals surface area contributed by atoms with Gasteiger partial charge in [0, 0.05) is 11.3 Å². The second-order valence-corrected chi connectivity index (χ2v) is 5.06. The van der Waals surface area contributed by atoms with Gasteiger partial charge in [-0.05, 0) is 18.1 Å². The summed E-state index contributed by atoms with van der Waals surface area (Å²) < 4.78 is 0. The molecule has 0 aliphatic carbocycles. The predicted octanol–water partition coefficient (Wildman–Crippen LogP) is 0.0871.